The number of rotatable bonds is 11. The fraction of sp³-hybridized carbons (Fsp3) is 0.444. The molecule has 3 heterocycles. The third-order valence-electron chi connectivity index (χ3n) is 6.40. The Bertz CT molecular complexity index is 1340. The topological polar surface area (TPSA) is 147 Å². The maximum Gasteiger partial charge on any atom is 0.350 e. The van der Waals surface area contributed by atoms with Crippen LogP contribution in [0, 0.1) is 25.2 Å². The number of benzene rings is 1. The highest BCUT2D eigenvalue weighted by molar-refractivity contribution is 6.04. The molecular formula is C27H31N5O7. The number of aryl methyl sites for hydroxylation is 1. The average Bonchev–Trinajstić information content (AvgIpc) is 3.55. The van der Waals surface area contributed by atoms with E-state index in [1.54, 1.807) is 49.6 Å². The number of carbonyl (C=O) groups is 2. The second kappa shape index (κ2) is 12.2. The average molecular weight is 538 g/mol. The third-order valence-corrected chi connectivity index (χ3v) is 6.40. The number of imidazole rings is 1. The molecule has 3 aromatic rings. The Morgan fingerprint density at radius 3 is 2.51 bits per heavy atom. The van der Waals surface area contributed by atoms with Crippen molar-refractivity contribution in [1.82, 2.24) is 19.5 Å². The van der Waals surface area contributed by atoms with Gasteiger partial charge in [-0.3, -0.25) is 15.3 Å². The minimum atomic E-state index is -2.05. The van der Waals surface area contributed by atoms with E-state index in [2.05, 4.69) is 20.9 Å². The highest BCUT2D eigenvalue weighted by atomic mass is 16.6. The Morgan fingerprint density at radius 2 is 1.90 bits per heavy atom. The van der Waals surface area contributed by atoms with Crippen LogP contribution in [0.15, 0.2) is 36.7 Å². The van der Waals surface area contributed by atoms with Crippen molar-refractivity contribution >= 4 is 28.9 Å². The van der Waals surface area contributed by atoms with Gasteiger partial charge in [0.05, 0.1) is 38.2 Å². The number of terminal acetylenes is 1. The minimum absolute atomic E-state index is 0.0484. The number of nitrogens with one attached hydrogen (secondary N) is 1. The van der Waals surface area contributed by atoms with E-state index in [-0.39, 0.29) is 32.1 Å². The van der Waals surface area contributed by atoms with E-state index in [9.17, 15) is 14.8 Å². The molecule has 0 radical (unpaired) electrons. The van der Waals surface area contributed by atoms with Crippen molar-refractivity contribution in [2.24, 2.45) is 5.92 Å². The first-order valence-electron chi connectivity index (χ1n) is 12.6. The summed E-state index contributed by atoms with van der Waals surface area (Å²) in [7, 11) is 0. The molecule has 2 N–H and O–H groups in total. The number of fused-ring (bicyclic) bond motifs is 1. The van der Waals surface area contributed by atoms with Crippen LogP contribution in [-0.4, -0.2) is 68.2 Å². The summed E-state index contributed by atoms with van der Waals surface area (Å²) in [5.74, 6) is 1.19. The Kier molecular flexibility index (Phi) is 8.75. The molecule has 39 heavy (non-hydrogen) atoms. The van der Waals surface area contributed by atoms with Crippen molar-refractivity contribution in [3.63, 3.8) is 0 Å². The van der Waals surface area contributed by atoms with E-state index in [0.717, 1.165) is 0 Å². The molecule has 12 nitrogen and oxygen atoms in total. The molecule has 1 fully saturated rings. The fourth-order valence-corrected chi connectivity index (χ4v) is 4.54. The lowest BCUT2D eigenvalue weighted by atomic mass is 9.93. The standard InChI is InChI=1S/C27H31N5O7/c1-5-19-13-21(32-16-28-22-23(31-35)29-17(4)30-24(22)32)39-20(19)15-38-27(25(33)36-6-2,26(34)37-7-3)14-18-11-9-8-10-12-18/h1,8-12,16,19-21,35H,6-7,13-15H2,2-4H3,(H,29,30,31). The normalized spacial score (nSPS) is 19.0. The predicted molar refractivity (Wildman–Crippen MR) is 138 cm³/mol. The Balaban J connectivity index is 1.62. The van der Waals surface area contributed by atoms with Crippen LogP contribution in [0.5, 0.6) is 0 Å². The van der Waals surface area contributed by atoms with Gasteiger partial charge >= 0.3 is 11.9 Å². The molecule has 1 aromatic carbocycles. The predicted octanol–water partition coefficient (Wildman–Crippen LogP) is 2.60. The van der Waals surface area contributed by atoms with E-state index in [1.165, 1.54) is 6.33 Å². The maximum absolute atomic E-state index is 13.2. The van der Waals surface area contributed by atoms with Crippen molar-refractivity contribution in [1.29, 1.82) is 0 Å². The van der Waals surface area contributed by atoms with Crippen molar-refractivity contribution in [2.75, 3.05) is 25.3 Å². The van der Waals surface area contributed by atoms with Crippen LogP contribution in [0.4, 0.5) is 5.82 Å². The smallest absolute Gasteiger partial charge is 0.350 e. The number of aromatic nitrogens is 4. The summed E-state index contributed by atoms with van der Waals surface area (Å²) in [6.07, 6.45) is 6.42. The van der Waals surface area contributed by atoms with Crippen molar-refractivity contribution < 1.29 is 33.7 Å². The summed E-state index contributed by atoms with van der Waals surface area (Å²) in [5.41, 5.74) is 1.47. The van der Waals surface area contributed by atoms with E-state index in [4.69, 9.17) is 25.4 Å². The van der Waals surface area contributed by atoms with Gasteiger partial charge in [0.15, 0.2) is 17.0 Å². The van der Waals surface area contributed by atoms with Gasteiger partial charge in [0.25, 0.3) is 5.60 Å². The summed E-state index contributed by atoms with van der Waals surface area (Å²) in [4.78, 5) is 39.4. The lowest BCUT2D eigenvalue weighted by Gasteiger charge is -2.31. The molecule has 0 bridgehead atoms. The zero-order valence-corrected chi connectivity index (χ0v) is 22.0. The van der Waals surface area contributed by atoms with Gasteiger partial charge in [-0.05, 0) is 26.3 Å². The Labute approximate surface area is 225 Å². The monoisotopic (exact) mass is 537 g/mol. The number of carbonyl (C=O) groups excluding carboxylic acids is 2. The molecule has 0 amide bonds. The number of esters is 2. The molecule has 2 aromatic heterocycles. The summed E-state index contributed by atoms with van der Waals surface area (Å²) in [6.45, 7) is 4.90. The van der Waals surface area contributed by atoms with Crippen LogP contribution >= 0.6 is 0 Å². The van der Waals surface area contributed by atoms with Gasteiger partial charge in [-0.15, -0.1) is 12.3 Å². The van der Waals surface area contributed by atoms with E-state index in [0.29, 0.717) is 29.0 Å². The van der Waals surface area contributed by atoms with Crippen LogP contribution in [-0.2, 0) is 35.0 Å². The van der Waals surface area contributed by atoms with Crippen molar-refractivity contribution in [2.45, 2.75) is 51.5 Å². The molecule has 0 aliphatic carbocycles. The number of anilines is 1. The van der Waals surface area contributed by atoms with E-state index >= 15 is 0 Å². The number of ether oxygens (including phenoxy) is 4. The maximum atomic E-state index is 13.2. The van der Waals surface area contributed by atoms with Crippen molar-refractivity contribution in [3.05, 3.63) is 48.0 Å². The Morgan fingerprint density at radius 1 is 1.21 bits per heavy atom. The van der Waals surface area contributed by atoms with E-state index in [1.807, 2.05) is 11.5 Å². The molecule has 0 saturated carbocycles. The molecule has 3 atom stereocenters. The lowest BCUT2D eigenvalue weighted by Crippen LogP contribution is -2.54. The van der Waals surface area contributed by atoms with Gasteiger partial charge < -0.3 is 18.9 Å². The third kappa shape index (κ3) is 5.70. The second-order valence-electron chi connectivity index (χ2n) is 8.93. The minimum Gasteiger partial charge on any atom is -0.463 e. The zero-order valence-electron chi connectivity index (χ0n) is 22.0. The van der Waals surface area contributed by atoms with Gasteiger partial charge in [-0.1, -0.05) is 30.3 Å². The molecule has 3 unspecified atom stereocenters. The first-order valence-corrected chi connectivity index (χ1v) is 12.6. The van der Waals surface area contributed by atoms with Gasteiger partial charge in [-0.2, -0.15) is 0 Å². The molecule has 0 spiro atoms. The highest BCUT2D eigenvalue weighted by Crippen LogP contribution is 2.36. The van der Waals surface area contributed by atoms with E-state index < -0.39 is 35.8 Å². The molecule has 1 aliphatic rings. The first-order chi connectivity index (χ1) is 18.9. The number of nitrogens with zero attached hydrogens (tertiary/aromatic N) is 4. The molecule has 1 saturated heterocycles. The van der Waals surface area contributed by atoms with Gasteiger partial charge in [-0.25, -0.2) is 24.5 Å². The summed E-state index contributed by atoms with van der Waals surface area (Å²) in [6, 6.07) is 9.00. The summed E-state index contributed by atoms with van der Waals surface area (Å²) >= 11 is 0. The second-order valence-corrected chi connectivity index (χ2v) is 8.93. The number of hydrogen-bond donors (Lipinski definition) is 2. The summed E-state index contributed by atoms with van der Waals surface area (Å²) < 4.78 is 24.6. The number of hydrogen-bond acceptors (Lipinski definition) is 11. The largest absolute Gasteiger partial charge is 0.463 e. The van der Waals surface area contributed by atoms with Gasteiger partial charge in [0.2, 0.25) is 0 Å². The van der Waals surface area contributed by atoms with Crippen LogP contribution < -0.4 is 5.48 Å². The quantitative estimate of drug-likeness (QED) is 0.161. The molecule has 206 valence electrons. The Hall–Kier alpha value is -4.05. The van der Waals surface area contributed by atoms with Crippen LogP contribution in [0.2, 0.25) is 0 Å². The van der Waals surface area contributed by atoms with Crippen LogP contribution in [0.3, 0.4) is 0 Å². The zero-order chi connectivity index (χ0) is 28.0. The SMILES string of the molecule is C#CC1CC(n2cnc3c(NO)nc(C)nc32)OC1COC(Cc1ccccc1)(C(=O)OCC)C(=O)OCC. The highest BCUT2D eigenvalue weighted by Gasteiger charge is 2.52. The van der Waals surface area contributed by atoms with Crippen LogP contribution in [0.1, 0.15) is 37.9 Å². The fourth-order valence-electron chi connectivity index (χ4n) is 4.54. The summed E-state index contributed by atoms with van der Waals surface area (Å²) in [5, 5.41) is 9.44. The molecular weight excluding hydrogens is 506 g/mol. The van der Waals surface area contributed by atoms with Gasteiger partial charge in [0, 0.05) is 12.8 Å². The molecule has 4 rings (SSSR count). The molecule has 12 heteroatoms. The lowest BCUT2D eigenvalue weighted by molar-refractivity contribution is -0.195. The van der Waals surface area contributed by atoms with Crippen molar-refractivity contribution in [3.8, 4) is 12.3 Å². The van der Waals surface area contributed by atoms with Crippen LogP contribution in [0.25, 0.3) is 11.2 Å². The molecule has 1 aliphatic heterocycles. The van der Waals surface area contributed by atoms with Gasteiger partial charge in [0.1, 0.15) is 12.1 Å². The first kappa shape index (κ1) is 28.0.